The van der Waals surface area contributed by atoms with Crippen LogP contribution in [0.15, 0.2) is 42.6 Å². The van der Waals surface area contributed by atoms with Crippen LogP contribution in [0.5, 0.6) is 5.88 Å². The van der Waals surface area contributed by atoms with Gasteiger partial charge in [0.05, 0.1) is 24.6 Å². The minimum Gasteiger partial charge on any atom is -0.480 e. The van der Waals surface area contributed by atoms with Gasteiger partial charge in [0.15, 0.2) is 11.5 Å². The van der Waals surface area contributed by atoms with Gasteiger partial charge in [0, 0.05) is 13.1 Å². The van der Waals surface area contributed by atoms with Gasteiger partial charge in [-0.05, 0) is 18.2 Å². The van der Waals surface area contributed by atoms with Gasteiger partial charge in [-0.3, -0.25) is 4.79 Å². The Labute approximate surface area is 156 Å². The summed E-state index contributed by atoms with van der Waals surface area (Å²) in [6.45, 7) is 0. The number of anilines is 1. The molecule has 146 valence electrons. The first kappa shape index (κ1) is 19.3. The van der Waals surface area contributed by atoms with E-state index >= 15 is 0 Å². The highest BCUT2D eigenvalue weighted by Crippen LogP contribution is 2.34. The van der Waals surface area contributed by atoms with Gasteiger partial charge in [-0.1, -0.05) is 12.1 Å². The molecule has 1 amide bonds. The highest BCUT2D eigenvalue weighted by atomic mass is 19.4. The molecule has 0 fully saturated rings. The van der Waals surface area contributed by atoms with Crippen LogP contribution in [-0.4, -0.2) is 40.0 Å². The smallest absolute Gasteiger partial charge is 0.434 e. The summed E-state index contributed by atoms with van der Waals surface area (Å²) in [5, 5.41) is 10.9. The summed E-state index contributed by atoms with van der Waals surface area (Å²) in [7, 11) is 2.50. The number of hydrogen-bond donors (Lipinski definition) is 0. The summed E-state index contributed by atoms with van der Waals surface area (Å²) in [4.78, 5) is 13.4. The Bertz CT molecular complexity index is 1000. The van der Waals surface area contributed by atoms with E-state index in [1.54, 1.807) is 0 Å². The van der Waals surface area contributed by atoms with Crippen molar-refractivity contribution in [3.05, 3.63) is 59.7 Å². The van der Waals surface area contributed by atoms with E-state index < -0.39 is 29.2 Å². The van der Waals surface area contributed by atoms with Gasteiger partial charge in [0.2, 0.25) is 5.88 Å². The lowest BCUT2D eigenvalue weighted by atomic mass is 10.2. The molecule has 0 atom stereocenters. The standard InChI is InChI=1S/C17H13F4N5O2/c1-25(12-6-4-3-5-11(12)18)16(27)10-9-22-26(15(10)17(19,20)21)13-7-8-14(28-2)24-23-13/h3-9H,1-2H3. The van der Waals surface area contributed by atoms with E-state index in [2.05, 4.69) is 15.3 Å². The minimum absolute atomic E-state index is 0.0973. The first-order chi connectivity index (χ1) is 13.2. The fraction of sp³-hybridized carbons (Fsp3) is 0.176. The van der Waals surface area contributed by atoms with Crippen molar-refractivity contribution in [1.82, 2.24) is 20.0 Å². The van der Waals surface area contributed by atoms with Gasteiger partial charge in [-0.2, -0.15) is 18.3 Å². The Balaban J connectivity index is 2.07. The predicted octanol–water partition coefficient (Wildman–Crippen LogP) is 3.11. The second-order valence-corrected chi connectivity index (χ2v) is 5.57. The van der Waals surface area contributed by atoms with Gasteiger partial charge in [0.1, 0.15) is 5.82 Å². The summed E-state index contributed by atoms with van der Waals surface area (Å²) in [5.41, 5.74) is -2.27. The maximum atomic E-state index is 13.9. The van der Waals surface area contributed by atoms with Crippen LogP contribution in [-0.2, 0) is 6.18 Å². The lowest BCUT2D eigenvalue weighted by Crippen LogP contribution is -2.29. The van der Waals surface area contributed by atoms with Gasteiger partial charge in [-0.25, -0.2) is 9.07 Å². The SMILES string of the molecule is COc1ccc(-n2ncc(C(=O)N(C)c3ccccc3F)c2C(F)(F)F)nn1. The molecule has 0 aliphatic rings. The molecular formula is C17H13F4N5O2. The topological polar surface area (TPSA) is 73.1 Å². The first-order valence-corrected chi connectivity index (χ1v) is 7.80. The van der Waals surface area contributed by atoms with Crippen molar-refractivity contribution in [2.75, 3.05) is 19.1 Å². The zero-order valence-corrected chi connectivity index (χ0v) is 14.6. The molecule has 2 heterocycles. The molecule has 7 nitrogen and oxygen atoms in total. The summed E-state index contributed by atoms with van der Waals surface area (Å²) in [5.74, 6) is -1.99. The van der Waals surface area contributed by atoms with Gasteiger partial charge < -0.3 is 9.64 Å². The van der Waals surface area contributed by atoms with Crippen molar-refractivity contribution in [3.8, 4) is 11.7 Å². The van der Waals surface area contributed by atoms with E-state index in [9.17, 15) is 22.4 Å². The van der Waals surface area contributed by atoms with Gasteiger partial charge in [-0.15, -0.1) is 10.2 Å². The van der Waals surface area contributed by atoms with Crippen LogP contribution in [0.1, 0.15) is 16.1 Å². The minimum atomic E-state index is -4.93. The molecule has 0 aliphatic carbocycles. The number of carbonyl (C=O) groups excluding carboxylic acids is 1. The number of rotatable bonds is 4. The number of ether oxygens (including phenoxy) is 1. The molecule has 1 aromatic carbocycles. The van der Waals surface area contributed by atoms with Crippen molar-refractivity contribution < 1.29 is 27.1 Å². The van der Waals surface area contributed by atoms with Crippen molar-refractivity contribution in [1.29, 1.82) is 0 Å². The number of amides is 1. The number of para-hydroxylation sites is 1. The second kappa shape index (κ2) is 7.25. The number of halogens is 4. The summed E-state index contributed by atoms with van der Waals surface area (Å²) < 4.78 is 60.3. The van der Waals surface area contributed by atoms with Crippen molar-refractivity contribution in [2.45, 2.75) is 6.18 Å². The third kappa shape index (κ3) is 3.50. The van der Waals surface area contributed by atoms with Crippen LogP contribution in [0.3, 0.4) is 0 Å². The fourth-order valence-electron chi connectivity index (χ4n) is 2.50. The third-order valence-electron chi connectivity index (χ3n) is 3.84. The van der Waals surface area contributed by atoms with Crippen molar-refractivity contribution >= 4 is 11.6 Å². The normalized spacial score (nSPS) is 11.4. The quantitative estimate of drug-likeness (QED) is 0.635. The predicted molar refractivity (Wildman–Crippen MR) is 89.8 cm³/mol. The number of carbonyl (C=O) groups is 1. The van der Waals surface area contributed by atoms with Crippen LogP contribution < -0.4 is 9.64 Å². The van der Waals surface area contributed by atoms with Crippen LogP contribution in [0.2, 0.25) is 0 Å². The summed E-state index contributed by atoms with van der Waals surface area (Å²) in [6, 6.07) is 7.75. The molecule has 0 saturated heterocycles. The highest BCUT2D eigenvalue weighted by molar-refractivity contribution is 6.06. The lowest BCUT2D eigenvalue weighted by molar-refractivity contribution is -0.143. The van der Waals surface area contributed by atoms with Gasteiger partial charge in [0.25, 0.3) is 5.91 Å². The molecule has 0 N–H and O–H groups in total. The molecule has 0 unspecified atom stereocenters. The largest absolute Gasteiger partial charge is 0.480 e. The van der Waals surface area contributed by atoms with Crippen LogP contribution in [0, 0.1) is 5.82 Å². The van der Waals surface area contributed by atoms with Crippen molar-refractivity contribution in [3.63, 3.8) is 0 Å². The molecular weight excluding hydrogens is 382 g/mol. The Morgan fingerprint density at radius 3 is 2.43 bits per heavy atom. The summed E-state index contributed by atoms with van der Waals surface area (Å²) in [6.07, 6.45) is -4.17. The molecule has 0 radical (unpaired) electrons. The van der Waals surface area contributed by atoms with E-state index in [0.717, 1.165) is 17.2 Å². The van der Waals surface area contributed by atoms with E-state index in [1.807, 2.05) is 0 Å². The maximum Gasteiger partial charge on any atom is 0.434 e. The Hall–Kier alpha value is -3.50. The first-order valence-electron chi connectivity index (χ1n) is 7.80. The number of nitrogens with zero attached hydrogens (tertiary/aromatic N) is 5. The summed E-state index contributed by atoms with van der Waals surface area (Å²) >= 11 is 0. The van der Waals surface area contributed by atoms with Gasteiger partial charge >= 0.3 is 6.18 Å². The lowest BCUT2D eigenvalue weighted by Gasteiger charge is -2.19. The number of benzene rings is 1. The highest BCUT2D eigenvalue weighted by Gasteiger charge is 2.41. The molecule has 0 aliphatic heterocycles. The number of alkyl halides is 3. The Kier molecular flexibility index (Phi) is 4.99. The average molecular weight is 395 g/mol. The molecule has 0 bridgehead atoms. The average Bonchev–Trinajstić information content (AvgIpc) is 3.13. The van der Waals surface area contributed by atoms with Crippen LogP contribution in [0.4, 0.5) is 23.2 Å². The van der Waals surface area contributed by atoms with Crippen molar-refractivity contribution in [2.24, 2.45) is 0 Å². The zero-order chi connectivity index (χ0) is 20.5. The van der Waals surface area contributed by atoms with E-state index in [1.165, 1.54) is 44.5 Å². The molecule has 0 spiro atoms. The molecule has 2 aromatic heterocycles. The van der Waals surface area contributed by atoms with Crippen LogP contribution >= 0.6 is 0 Å². The third-order valence-corrected chi connectivity index (χ3v) is 3.84. The van der Waals surface area contributed by atoms with E-state index in [4.69, 9.17) is 4.74 Å². The maximum absolute atomic E-state index is 13.9. The molecule has 3 rings (SSSR count). The van der Waals surface area contributed by atoms with E-state index in [0.29, 0.717) is 4.68 Å². The Morgan fingerprint density at radius 1 is 1.14 bits per heavy atom. The fourth-order valence-corrected chi connectivity index (χ4v) is 2.50. The zero-order valence-electron chi connectivity index (χ0n) is 14.6. The number of hydrogen-bond acceptors (Lipinski definition) is 5. The van der Waals surface area contributed by atoms with E-state index in [-0.39, 0.29) is 17.4 Å². The Morgan fingerprint density at radius 2 is 1.86 bits per heavy atom. The number of methoxy groups -OCH3 is 1. The second-order valence-electron chi connectivity index (χ2n) is 5.57. The monoisotopic (exact) mass is 395 g/mol. The molecule has 0 saturated carbocycles. The van der Waals surface area contributed by atoms with Crippen LogP contribution in [0.25, 0.3) is 5.82 Å². The molecule has 11 heteroatoms. The molecule has 28 heavy (non-hydrogen) atoms. The number of aromatic nitrogens is 4. The molecule has 3 aromatic rings.